The van der Waals surface area contributed by atoms with E-state index in [1.165, 1.54) is 17.6 Å². The highest BCUT2D eigenvalue weighted by atomic mass is 16.1. The van der Waals surface area contributed by atoms with Crippen LogP contribution in [0.15, 0.2) is 17.7 Å². The van der Waals surface area contributed by atoms with Gasteiger partial charge in [0.2, 0.25) is 11.7 Å². The van der Waals surface area contributed by atoms with Gasteiger partial charge in [0.05, 0.1) is 0 Å². The first-order chi connectivity index (χ1) is 12.5. The van der Waals surface area contributed by atoms with E-state index in [1.807, 2.05) is 0 Å². The minimum Gasteiger partial charge on any atom is -0.351 e. The van der Waals surface area contributed by atoms with Gasteiger partial charge in [0, 0.05) is 17.5 Å². The van der Waals surface area contributed by atoms with Gasteiger partial charge in [0.1, 0.15) is 0 Å². The summed E-state index contributed by atoms with van der Waals surface area (Å²) in [7, 11) is 0. The molecule has 26 heavy (non-hydrogen) atoms. The van der Waals surface area contributed by atoms with Crippen molar-refractivity contribution in [2.24, 2.45) is 23.2 Å². The van der Waals surface area contributed by atoms with E-state index in [0.29, 0.717) is 24.2 Å². The average Bonchev–Trinajstić information content (AvgIpc) is 3.14. The highest BCUT2D eigenvalue weighted by Crippen LogP contribution is 2.60. The molecule has 2 N–H and O–H groups in total. The first kappa shape index (κ1) is 16.2. The summed E-state index contributed by atoms with van der Waals surface area (Å²) in [5.74, 6) is 2.98. The minimum atomic E-state index is -0.00149. The van der Waals surface area contributed by atoms with Gasteiger partial charge < -0.3 is 5.32 Å². The number of hydrogen-bond donors (Lipinski definition) is 2. The SMILES string of the molecule is C[C@]12CCC(c3nn[nH]n3)=CC1=CC[C@@H]1[C@@H]2CC[C@]2(C)NC(=O)CC[C@@H]12. The van der Waals surface area contributed by atoms with E-state index in [1.54, 1.807) is 0 Å². The number of carbonyl (C=O) groups excluding carboxylic acids is 1. The molecular formula is C20H27N5O. The molecule has 1 amide bonds. The van der Waals surface area contributed by atoms with Crippen LogP contribution in [0.5, 0.6) is 0 Å². The Labute approximate surface area is 153 Å². The summed E-state index contributed by atoms with van der Waals surface area (Å²) in [4.78, 5) is 12.0. The first-order valence-corrected chi connectivity index (χ1v) is 9.96. The van der Waals surface area contributed by atoms with Crippen molar-refractivity contribution in [1.82, 2.24) is 25.9 Å². The quantitative estimate of drug-likeness (QED) is 0.813. The molecule has 0 unspecified atom stereocenters. The van der Waals surface area contributed by atoms with Gasteiger partial charge in [-0.1, -0.05) is 19.1 Å². The Morgan fingerprint density at radius 3 is 2.85 bits per heavy atom. The molecule has 1 saturated heterocycles. The molecule has 1 aromatic heterocycles. The van der Waals surface area contributed by atoms with Crippen LogP contribution < -0.4 is 5.32 Å². The molecule has 0 radical (unpaired) electrons. The van der Waals surface area contributed by atoms with Crippen LogP contribution in [0.25, 0.3) is 5.57 Å². The molecule has 3 aliphatic carbocycles. The minimum absolute atomic E-state index is 0.00149. The normalized spacial score (nSPS) is 41.9. The number of allylic oxidation sites excluding steroid dienone is 4. The van der Waals surface area contributed by atoms with E-state index in [4.69, 9.17) is 0 Å². The third-order valence-corrected chi connectivity index (χ3v) is 7.90. The number of H-pyrrole nitrogens is 1. The van der Waals surface area contributed by atoms with Crippen LogP contribution in [-0.4, -0.2) is 32.1 Å². The third kappa shape index (κ3) is 2.23. The molecule has 0 bridgehead atoms. The number of nitrogens with one attached hydrogen (secondary N) is 2. The second-order valence-electron chi connectivity index (χ2n) is 9.14. The maximum atomic E-state index is 12.0. The summed E-state index contributed by atoms with van der Waals surface area (Å²) in [6.45, 7) is 4.74. The zero-order chi connectivity index (χ0) is 17.9. The molecular weight excluding hydrogens is 326 g/mol. The summed E-state index contributed by atoms with van der Waals surface area (Å²) in [6, 6.07) is 0. The van der Waals surface area contributed by atoms with E-state index < -0.39 is 0 Å². The van der Waals surface area contributed by atoms with Crippen molar-refractivity contribution in [3.63, 3.8) is 0 Å². The average molecular weight is 353 g/mol. The molecule has 4 aliphatic rings. The van der Waals surface area contributed by atoms with Crippen LogP contribution in [0.4, 0.5) is 0 Å². The van der Waals surface area contributed by atoms with E-state index in [2.05, 4.69) is 51.9 Å². The summed E-state index contributed by atoms with van der Waals surface area (Å²) in [6.07, 6.45) is 12.1. The van der Waals surface area contributed by atoms with Gasteiger partial charge in [0.25, 0.3) is 0 Å². The standard InChI is InChI=1S/C20H27N5O/c1-19-9-7-12(18-22-24-25-23-18)11-13(19)3-4-14-15(19)8-10-20(2)16(14)5-6-17(26)21-20/h3,11,14-16H,4-10H2,1-2H3,(H,21,26)(H,22,23,24,25)/t14-,15+,16+,19+,20+/m1/s1. The molecule has 0 spiro atoms. The number of carbonyl (C=O) groups is 1. The summed E-state index contributed by atoms with van der Waals surface area (Å²) >= 11 is 0. The molecule has 2 fully saturated rings. The second kappa shape index (κ2) is 5.51. The van der Waals surface area contributed by atoms with Crippen molar-refractivity contribution < 1.29 is 4.79 Å². The Hall–Kier alpha value is -1.98. The van der Waals surface area contributed by atoms with Crippen molar-refractivity contribution in [1.29, 1.82) is 0 Å². The first-order valence-electron chi connectivity index (χ1n) is 9.96. The fourth-order valence-corrected chi connectivity index (χ4v) is 6.47. The molecule has 138 valence electrons. The molecule has 1 aliphatic heterocycles. The van der Waals surface area contributed by atoms with Crippen LogP contribution in [0.1, 0.15) is 64.6 Å². The molecule has 6 nitrogen and oxygen atoms in total. The molecule has 6 heteroatoms. The number of hydrogen-bond acceptors (Lipinski definition) is 4. The molecule has 1 saturated carbocycles. The lowest BCUT2D eigenvalue weighted by molar-refractivity contribution is -0.131. The second-order valence-corrected chi connectivity index (χ2v) is 9.14. The lowest BCUT2D eigenvalue weighted by Gasteiger charge is -2.59. The van der Waals surface area contributed by atoms with Crippen molar-refractivity contribution in [3.05, 3.63) is 23.5 Å². The number of rotatable bonds is 1. The van der Waals surface area contributed by atoms with E-state index in [-0.39, 0.29) is 16.9 Å². The van der Waals surface area contributed by atoms with E-state index in [0.717, 1.165) is 37.9 Å². The number of nitrogens with zero attached hydrogens (tertiary/aromatic N) is 3. The molecule has 5 atom stereocenters. The molecule has 0 aromatic carbocycles. The Morgan fingerprint density at radius 2 is 2.04 bits per heavy atom. The predicted octanol–water partition coefficient (Wildman–Crippen LogP) is 3.02. The van der Waals surface area contributed by atoms with E-state index >= 15 is 0 Å². The number of aromatic amines is 1. The number of fused-ring (bicyclic) bond motifs is 5. The van der Waals surface area contributed by atoms with Crippen molar-refractivity contribution in [2.75, 3.05) is 0 Å². The zero-order valence-electron chi connectivity index (χ0n) is 15.6. The number of tetrazole rings is 1. The fourth-order valence-electron chi connectivity index (χ4n) is 6.47. The number of piperidine rings is 1. The van der Waals surface area contributed by atoms with Gasteiger partial charge >= 0.3 is 0 Å². The van der Waals surface area contributed by atoms with E-state index in [9.17, 15) is 4.79 Å². The van der Waals surface area contributed by atoms with Gasteiger partial charge in [-0.2, -0.15) is 5.21 Å². The predicted molar refractivity (Wildman–Crippen MR) is 97.7 cm³/mol. The maximum absolute atomic E-state index is 12.0. The highest BCUT2D eigenvalue weighted by molar-refractivity contribution is 5.78. The fraction of sp³-hybridized carbons (Fsp3) is 0.700. The zero-order valence-corrected chi connectivity index (χ0v) is 15.6. The summed E-state index contributed by atoms with van der Waals surface area (Å²) in [5, 5.41) is 18.0. The Balaban J connectivity index is 1.48. The smallest absolute Gasteiger partial charge is 0.220 e. The van der Waals surface area contributed by atoms with Gasteiger partial charge in [-0.3, -0.25) is 4.79 Å². The van der Waals surface area contributed by atoms with Gasteiger partial charge in [0.15, 0.2) is 0 Å². The Bertz CT molecular complexity index is 797. The summed E-state index contributed by atoms with van der Waals surface area (Å²) in [5.41, 5.74) is 2.90. The Morgan fingerprint density at radius 1 is 1.15 bits per heavy atom. The lowest BCUT2D eigenvalue weighted by atomic mass is 9.48. The maximum Gasteiger partial charge on any atom is 0.220 e. The number of aromatic nitrogens is 4. The van der Waals surface area contributed by atoms with Crippen LogP contribution >= 0.6 is 0 Å². The monoisotopic (exact) mass is 353 g/mol. The number of amides is 1. The van der Waals surface area contributed by atoms with Crippen molar-refractivity contribution in [2.45, 2.75) is 64.3 Å². The largest absolute Gasteiger partial charge is 0.351 e. The highest BCUT2D eigenvalue weighted by Gasteiger charge is 2.55. The van der Waals surface area contributed by atoms with Gasteiger partial charge in [-0.25, -0.2) is 0 Å². The van der Waals surface area contributed by atoms with Crippen LogP contribution in [0, 0.1) is 23.2 Å². The van der Waals surface area contributed by atoms with Crippen molar-refractivity contribution >= 4 is 11.5 Å². The Kier molecular flexibility index (Phi) is 3.43. The van der Waals surface area contributed by atoms with Crippen LogP contribution in [0.3, 0.4) is 0 Å². The summed E-state index contributed by atoms with van der Waals surface area (Å²) < 4.78 is 0. The van der Waals surface area contributed by atoms with Crippen LogP contribution in [-0.2, 0) is 4.79 Å². The van der Waals surface area contributed by atoms with Crippen LogP contribution in [0.2, 0.25) is 0 Å². The van der Waals surface area contributed by atoms with Gasteiger partial charge in [-0.05, 0) is 79.4 Å². The lowest BCUT2D eigenvalue weighted by Crippen LogP contribution is -2.62. The van der Waals surface area contributed by atoms with Crippen molar-refractivity contribution in [3.8, 4) is 0 Å². The topological polar surface area (TPSA) is 83.6 Å². The third-order valence-electron chi connectivity index (χ3n) is 7.90. The molecule has 1 aromatic rings. The molecule has 5 rings (SSSR count). The molecule has 2 heterocycles. The van der Waals surface area contributed by atoms with Gasteiger partial charge in [-0.15, -0.1) is 10.2 Å².